The summed E-state index contributed by atoms with van der Waals surface area (Å²) in [6, 6.07) is 0. The van der Waals surface area contributed by atoms with Gasteiger partial charge in [0.05, 0.1) is 0 Å². The van der Waals surface area contributed by atoms with E-state index < -0.39 is 0 Å². The molecule has 0 saturated heterocycles. The van der Waals surface area contributed by atoms with Gasteiger partial charge in [-0.15, -0.1) is 12.4 Å². The highest BCUT2D eigenvalue weighted by Crippen LogP contribution is 1.94. The Balaban J connectivity index is 0. The first kappa shape index (κ1) is 12.9. The fourth-order valence-corrected chi connectivity index (χ4v) is 0.528. The molecule has 0 aromatic rings. The minimum atomic E-state index is -0.234. The lowest BCUT2D eigenvalue weighted by Gasteiger charge is -1.91. The predicted molar refractivity (Wildman–Crippen MR) is 47.6 cm³/mol. The van der Waals surface area contributed by atoms with Crippen molar-refractivity contribution < 1.29 is 4.79 Å². The molecule has 0 aliphatic carbocycles. The van der Waals surface area contributed by atoms with Crippen LogP contribution in [0.1, 0.15) is 26.2 Å². The zero-order valence-electron chi connectivity index (χ0n) is 6.54. The van der Waals surface area contributed by atoms with Crippen molar-refractivity contribution in [3.05, 3.63) is 0 Å². The number of hydrogen-bond acceptors (Lipinski definition) is 1. The van der Waals surface area contributed by atoms with E-state index in [0.717, 1.165) is 12.8 Å². The molecule has 66 valence electrons. The smallest absolute Gasteiger partial charge is 0.248 e. The molecule has 0 saturated carbocycles. The first-order valence-electron chi connectivity index (χ1n) is 3.29. The van der Waals surface area contributed by atoms with Crippen LogP contribution < -0.4 is 11.5 Å². The van der Waals surface area contributed by atoms with Gasteiger partial charge in [0.1, 0.15) is 0 Å². The van der Waals surface area contributed by atoms with Gasteiger partial charge in [-0.05, 0) is 6.42 Å². The summed E-state index contributed by atoms with van der Waals surface area (Å²) in [7, 11) is 0. The number of carbonyl (C=O) groups excluding carboxylic acids is 1. The molecule has 11 heavy (non-hydrogen) atoms. The van der Waals surface area contributed by atoms with Crippen LogP contribution in [0.15, 0.2) is 4.99 Å². The molecule has 0 unspecified atom stereocenters. The third-order valence-corrected chi connectivity index (χ3v) is 0.998. The number of rotatable bonds is 3. The van der Waals surface area contributed by atoms with Crippen LogP contribution >= 0.6 is 12.4 Å². The van der Waals surface area contributed by atoms with Crippen molar-refractivity contribution >= 4 is 24.3 Å². The van der Waals surface area contributed by atoms with Crippen molar-refractivity contribution in [2.24, 2.45) is 16.5 Å². The lowest BCUT2D eigenvalue weighted by Crippen LogP contribution is -2.24. The van der Waals surface area contributed by atoms with Gasteiger partial charge >= 0.3 is 0 Å². The third kappa shape index (κ3) is 9.23. The van der Waals surface area contributed by atoms with Crippen molar-refractivity contribution in [2.75, 3.05) is 0 Å². The lowest BCUT2D eigenvalue weighted by molar-refractivity contribution is -0.117. The Morgan fingerprint density at radius 2 is 2.00 bits per heavy atom. The summed E-state index contributed by atoms with van der Waals surface area (Å²) in [6.07, 6.45) is 2.26. The highest BCUT2D eigenvalue weighted by molar-refractivity contribution is 5.91. The van der Waals surface area contributed by atoms with E-state index >= 15 is 0 Å². The first-order valence-corrected chi connectivity index (χ1v) is 3.29. The van der Waals surface area contributed by atoms with E-state index in [0.29, 0.717) is 6.42 Å². The summed E-state index contributed by atoms with van der Waals surface area (Å²) < 4.78 is 0. The van der Waals surface area contributed by atoms with Gasteiger partial charge < -0.3 is 11.5 Å². The molecule has 0 rings (SSSR count). The monoisotopic (exact) mass is 179 g/mol. The van der Waals surface area contributed by atoms with Gasteiger partial charge in [-0.1, -0.05) is 13.3 Å². The zero-order valence-corrected chi connectivity index (χ0v) is 7.36. The molecule has 5 heteroatoms. The maximum atomic E-state index is 10.7. The Labute approximate surface area is 72.5 Å². The number of guanidine groups is 1. The molecule has 0 aliphatic heterocycles. The zero-order chi connectivity index (χ0) is 7.98. The van der Waals surface area contributed by atoms with Crippen LogP contribution in [-0.4, -0.2) is 11.9 Å². The Hall–Kier alpha value is -0.770. The summed E-state index contributed by atoms with van der Waals surface area (Å²) >= 11 is 0. The molecule has 0 aromatic carbocycles. The van der Waals surface area contributed by atoms with Crippen LogP contribution in [0.5, 0.6) is 0 Å². The fourth-order valence-electron chi connectivity index (χ4n) is 0.528. The topological polar surface area (TPSA) is 81.5 Å². The molecule has 0 heterocycles. The maximum absolute atomic E-state index is 10.7. The van der Waals surface area contributed by atoms with Gasteiger partial charge in [0.15, 0.2) is 5.96 Å². The molecule has 0 fully saturated rings. The minimum Gasteiger partial charge on any atom is -0.370 e. The molecular weight excluding hydrogens is 166 g/mol. The first-order chi connectivity index (χ1) is 4.66. The molecule has 0 aliphatic rings. The third-order valence-electron chi connectivity index (χ3n) is 0.998. The van der Waals surface area contributed by atoms with E-state index in [1.165, 1.54) is 0 Å². The van der Waals surface area contributed by atoms with E-state index in [4.69, 9.17) is 11.5 Å². The van der Waals surface area contributed by atoms with Crippen molar-refractivity contribution in [3.8, 4) is 0 Å². The quantitative estimate of drug-likeness (QED) is 0.486. The Bertz CT molecular complexity index is 143. The highest BCUT2D eigenvalue weighted by Gasteiger charge is 1.96. The molecule has 0 atom stereocenters. The van der Waals surface area contributed by atoms with E-state index in [-0.39, 0.29) is 24.3 Å². The van der Waals surface area contributed by atoms with Gasteiger partial charge in [-0.3, -0.25) is 4.79 Å². The van der Waals surface area contributed by atoms with E-state index in [9.17, 15) is 4.79 Å². The number of aliphatic imine (C=N–C) groups is 1. The standard InChI is InChI=1S/C6H13N3O.ClH/c1-2-3-4-5(10)9-6(7)8;/h2-4H2,1H3,(H4,7,8,9,10);1H. The largest absolute Gasteiger partial charge is 0.370 e. The molecule has 1 amide bonds. The summed E-state index contributed by atoms with van der Waals surface area (Å²) in [5.41, 5.74) is 9.94. The Morgan fingerprint density at radius 1 is 1.45 bits per heavy atom. The van der Waals surface area contributed by atoms with Crippen LogP contribution in [0, 0.1) is 0 Å². The van der Waals surface area contributed by atoms with Crippen molar-refractivity contribution in [1.82, 2.24) is 0 Å². The summed E-state index contributed by atoms with van der Waals surface area (Å²) in [5, 5.41) is 0. The van der Waals surface area contributed by atoms with Crippen LogP contribution in [0.2, 0.25) is 0 Å². The average Bonchev–Trinajstić information content (AvgIpc) is 1.82. The van der Waals surface area contributed by atoms with Gasteiger partial charge in [0, 0.05) is 6.42 Å². The van der Waals surface area contributed by atoms with Crippen LogP contribution in [-0.2, 0) is 4.79 Å². The number of amides is 1. The molecule has 0 radical (unpaired) electrons. The van der Waals surface area contributed by atoms with Crippen LogP contribution in [0.4, 0.5) is 0 Å². The predicted octanol–water partition coefficient (Wildman–Crippen LogP) is 0.398. The van der Waals surface area contributed by atoms with Crippen molar-refractivity contribution in [2.45, 2.75) is 26.2 Å². The minimum absolute atomic E-state index is 0. The van der Waals surface area contributed by atoms with E-state index in [1.54, 1.807) is 0 Å². The van der Waals surface area contributed by atoms with Crippen molar-refractivity contribution in [3.63, 3.8) is 0 Å². The summed E-state index contributed by atoms with van der Waals surface area (Å²) in [4.78, 5) is 14.0. The normalized spacial score (nSPS) is 8.09. The second-order valence-corrected chi connectivity index (χ2v) is 2.03. The number of unbranched alkanes of at least 4 members (excludes halogenated alkanes) is 1. The highest BCUT2D eigenvalue weighted by atomic mass is 35.5. The van der Waals surface area contributed by atoms with E-state index in [2.05, 4.69) is 4.99 Å². The van der Waals surface area contributed by atoms with Crippen LogP contribution in [0.3, 0.4) is 0 Å². The van der Waals surface area contributed by atoms with Gasteiger partial charge in [-0.2, -0.15) is 4.99 Å². The van der Waals surface area contributed by atoms with Gasteiger partial charge in [0.25, 0.3) is 0 Å². The SMILES string of the molecule is CCCCC(=O)N=C(N)N.Cl. The van der Waals surface area contributed by atoms with Gasteiger partial charge in [-0.25, -0.2) is 0 Å². The Kier molecular flexibility index (Phi) is 8.58. The number of hydrogen-bond donors (Lipinski definition) is 2. The second kappa shape index (κ2) is 7.34. The molecule has 0 aromatic heterocycles. The number of carbonyl (C=O) groups is 1. The number of nitrogens with zero attached hydrogens (tertiary/aromatic N) is 1. The van der Waals surface area contributed by atoms with Gasteiger partial charge in [0.2, 0.25) is 5.91 Å². The molecule has 4 nitrogen and oxygen atoms in total. The molecule has 0 bridgehead atoms. The Morgan fingerprint density at radius 3 is 2.36 bits per heavy atom. The maximum Gasteiger partial charge on any atom is 0.248 e. The van der Waals surface area contributed by atoms with Crippen molar-refractivity contribution in [1.29, 1.82) is 0 Å². The summed E-state index contributed by atoms with van der Waals surface area (Å²) in [5.74, 6) is -0.386. The average molecular weight is 180 g/mol. The molecule has 0 spiro atoms. The van der Waals surface area contributed by atoms with Crippen LogP contribution in [0.25, 0.3) is 0 Å². The molecular formula is C6H14ClN3O. The fraction of sp³-hybridized carbons (Fsp3) is 0.667. The number of nitrogens with two attached hydrogens (primary N) is 2. The second-order valence-electron chi connectivity index (χ2n) is 2.03. The van der Waals surface area contributed by atoms with E-state index in [1.807, 2.05) is 6.92 Å². The summed E-state index contributed by atoms with van der Waals surface area (Å²) in [6.45, 7) is 2.00. The lowest BCUT2D eigenvalue weighted by atomic mass is 10.2. The number of halogens is 1. The molecule has 4 N–H and O–H groups in total.